The number of halogens is 1. The Balaban J connectivity index is 2.73. The van der Waals surface area contributed by atoms with Crippen molar-refractivity contribution < 1.29 is 8.42 Å². The van der Waals surface area contributed by atoms with E-state index < -0.39 is 10.0 Å². The smallest absolute Gasteiger partial charge is 0.207 e. The summed E-state index contributed by atoms with van der Waals surface area (Å²) in [6.45, 7) is 1.83. The Kier molecular flexibility index (Phi) is 1.98. The number of nitrogens with one attached hydrogen (secondary N) is 1. The first-order chi connectivity index (χ1) is 6.00. The van der Waals surface area contributed by atoms with Crippen molar-refractivity contribution in [3.05, 3.63) is 28.2 Å². The molecule has 0 saturated heterocycles. The number of hydrogen-bond acceptors (Lipinski definition) is 2. The Bertz CT molecular complexity index is 455. The topological polar surface area (TPSA) is 46.2 Å². The molecule has 1 aliphatic heterocycles. The Morgan fingerprint density at radius 2 is 2.15 bits per heavy atom. The molecule has 0 amide bonds. The molecule has 0 bridgehead atoms. The first-order valence-electron chi connectivity index (χ1n) is 3.82. The standard InChI is InChI=1S/C8H8BrNO2S/c1-5-7-4-6(9)2-3-8(7)13(11,12)10-5/h2-5,10H,1H3/t5-/m1/s1. The number of hydrogen-bond donors (Lipinski definition) is 1. The van der Waals surface area contributed by atoms with Gasteiger partial charge in [0.25, 0.3) is 0 Å². The minimum absolute atomic E-state index is 0.127. The zero-order valence-corrected chi connectivity index (χ0v) is 9.31. The fourth-order valence-electron chi connectivity index (χ4n) is 1.46. The van der Waals surface area contributed by atoms with E-state index in [4.69, 9.17) is 0 Å². The quantitative estimate of drug-likeness (QED) is 0.775. The van der Waals surface area contributed by atoms with Crippen LogP contribution in [0.2, 0.25) is 0 Å². The molecule has 1 aliphatic rings. The van der Waals surface area contributed by atoms with E-state index in [2.05, 4.69) is 20.7 Å². The summed E-state index contributed by atoms with van der Waals surface area (Å²) in [5.41, 5.74) is 0.828. The molecule has 0 fully saturated rings. The normalized spacial score (nSPS) is 24.3. The highest BCUT2D eigenvalue weighted by Crippen LogP contribution is 2.32. The predicted molar refractivity (Wildman–Crippen MR) is 52.9 cm³/mol. The summed E-state index contributed by atoms with van der Waals surface area (Å²) in [5.74, 6) is 0. The van der Waals surface area contributed by atoms with Gasteiger partial charge in [0.15, 0.2) is 0 Å². The third-order valence-electron chi connectivity index (χ3n) is 2.06. The maximum atomic E-state index is 11.4. The molecule has 0 saturated carbocycles. The Morgan fingerprint density at radius 1 is 1.46 bits per heavy atom. The van der Waals surface area contributed by atoms with Gasteiger partial charge < -0.3 is 0 Å². The minimum Gasteiger partial charge on any atom is -0.207 e. The molecule has 13 heavy (non-hydrogen) atoms. The summed E-state index contributed by atoms with van der Waals surface area (Å²) in [7, 11) is -3.24. The fraction of sp³-hybridized carbons (Fsp3) is 0.250. The van der Waals surface area contributed by atoms with Crippen molar-refractivity contribution in [2.75, 3.05) is 0 Å². The van der Waals surface area contributed by atoms with Crippen LogP contribution < -0.4 is 4.72 Å². The van der Waals surface area contributed by atoms with E-state index in [9.17, 15) is 8.42 Å². The molecule has 1 aromatic carbocycles. The Labute approximate surface area is 85.3 Å². The number of fused-ring (bicyclic) bond motifs is 1. The SMILES string of the molecule is C[C@H]1NS(=O)(=O)c2ccc(Br)cc21. The maximum Gasteiger partial charge on any atom is 0.241 e. The lowest BCUT2D eigenvalue weighted by Crippen LogP contribution is -2.17. The van der Waals surface area contributed by atoms with Crippen molar-refractivity contribution >= 4 is 26.0 Å². The second-order valence-corrected chi connectivity index (χ2v) is 5.62. The van der Waals surface area contributed by atoms with Crippen LogP contribution in [-0.2, 0) is 10.0 Å². The molecule has 0 unspecified atom stereocenters. The molecule has 70 valence electrons. The van der Waals surface area contributed by atoms with Crippen molar-refractivity contribution in [1.29, 1.82) is 0 Å². The summed E-state index contributed by atoms with van der Waals surface area (Å²) in [6, 6.07) is 5.05. The van der Waals surface area contributed by atoms with Crippen molar-refractivity contribution in [2.24, 2.45) is 0 Å². The molecule has 0 radical (unpaired) electrons. The lowest BCUT2D eigenvalue weighted by Gasteiger charge is -2.00. The van der Waals surface area contributed by atoms with E-state index in [0.717, 1.165) is 10.0 Å². The zero-order chi connectivity index (χ0) is 9.64. The lowest BCUT2D eigenvalue weighted by molar-refractivity contribution is 0.582. The van der Waals surface area contributed by atoms with Crippen LogP contribution in [0.3, 0.4) is 0 Å². The van der Waals surface area contributed by atoms with Gasteiger partial charge in [0.1, 0.15) is 0 Å². The van der Waals surface area contributed by atoms with Crippen LogP contribution in [0.25, 0.3) is 0 Å². The van der Waals surface area contributed by atoms with Gasteiger partial charge in [-0.2, -0.15) is 0 Å². The van der Waals surface area contributed by atoms with Gasteiger partial charge in [0, 0.05) is 10.5 Å². The van der Waals surface area contributed by atoms with E-state index in [-0.39, 0.29) is 6.04 Å². The summed E-state index contributed by atoms with van der Waals surface area (Å²) in [5, 5.41) is 0. The molecule has 3 nitrogen and oxygen atoms in total. The van der Waals surface area contributed by atoms with Gasteiger partial charge in [-0.3, -0.25) is 0 Å². The van der Waals surface area contributed by atoms with E-state index >= 15 is 0 Å². The average molecular weight is 262 g/mol. The van der Waals surface area contributed by atoms with Crippen LogP contribution in [0.4, 0.5) is 0 Å². The van der Waals surface area contributed by atoms with E-state index in [1.165, 1.54) is 0 Å². The van der Waals surface area contributed by atoms with E-state index in [1.807, 2.05) is 13.0 Å². The monoisotopic (exact) mass is 261 g/mol. The summed E-state index contributed by atoms with van der Waals surface area (Å²) in [4.78, 5) is 0.392. The third kappa shape index (κ3) is 1.41. The van der Waals surface area contributed by atoms with Gasteiger partial charge in [-0.15, -0.1) is 0 Å². The number of rotatable bonds is 0. The molecule has 5 heteroatoms. The first-order valence-corrected chi connectivity index (χ1v) is 6.10. The van der Waals surface area contributed by atoms with Gasteiger partial charge in [-0.1, -0.05) is 15.9 Å². The molecular weight excluding hydrogens is 254 g/mol. The Hall–Kier alpha value is -0.390. The molecule has 0 aliphatic carbocycles. The van der Waals surface area contributed by atoms with Gasteiger partial charge >= 0.3 is 0 Å². The largest absolute Gasteiger partial charge is 0.241 e. The van der Waals surface area contributed by atoms with E-state index in [1.54, 1.807) is 12.1 Å². The minimum atomic E-state index is -3.24. The van der Waals surface area contributed by atoms with Gasteiger partial charge in [-0.25, -0.2) is 13.1 Å². The van der Waals surface area contributed by atoms with Crippen molar-refractivity contribution in [2.45, 2.75) is 17.9 Å². The lowest BCUT2D eigenvalue weighted by atomic mass is 10.1. The molecule has 2 rings (SSSR count). The van der Waals surface area contributed by atoms with E-state index in [0.29, 0.717) is 4.90 Å². The molecule has 1 heterocycles. The predicted octanol–water partition coefficient (Wildman–Crippen LogP) is 1.80. The highest BCUT2D eigenvalue weighted by molar-refractivity contribution is 9.10. The van der Waals surface area contributed by atoms with Crippen molar-refractivity contribution in [3.8, 4) is 0 Å². The van der Waals surface area contributed by atoms with Crippen LogP contribution in [-0.4, -0.2) is 8.42 Å². The fourth-order valence-corrected chi connectivity index (χ4v) is 3.35. The Morgan fingerprint density at radius 3 is 2.85 bits per heavy atom. The van der Waals surface area contributed by atoms with Gasteiger partial charge in [-0.05, 0) is 30.7 Å². The summed E-state index contributed by atoms with van der Waals surface area (Å²) in [6.07, 6.45) is 0. The molecule has 0 aromatic heterocycles. The number of sulfonamides is 1. The highest BCUT2D eigenvalue weighted by Gasteiger charge is 2.30. The van der Waals surface area contributed by atoms with Crippen LogP contribution >= 0.6 is 15.9 Å². The van der Waals surface area contributed by atoms with Crippen molar-refractivity contribution in [3.63, 3.8) is 0 Å². The van der Waals surface area contributed by atoms with Crippen molar-refractivity contribution in [1.82, 2.24) is 4.72 Å². The third-order valence-corrected chi connectivity index (χ3v) is 4.17. The molecule has 1 aromatic rings. The van der Waals surface area contributed by atoms with Crippen LogP contribution in [0, 0.1) is 0 Å². The average Bonchev–Trinajstić information content (AvgIpc) is 2.22. The highest BCUT2D eigenvalue weighted by atomic mass is 79.9. The second kappa shape index (κ2) is 2.80. The summed E-state index contributed by atoms with van der Waals surface area (Å²) < 4.78 is 26.3. The van der Waals surface area contributed by atoms with Gasteiger partial charge in [0.05, 0.1) is 4.90 Å². The summed E-state index contributed by atoms with van der Waals surface area (Å²) >= 11 is 3.31. The first kappa shape index (κ1) is 9.18. The van der Waals surface area contributed by atoms with Crippen LogP contribution in [0.5, 0.6) is 0 Å². The molecule has 1 atom stereocenters. The maximum absolute atomic E-state index is 11.4. The van der Waals surface area contributed by atoms with Crippen LogP contribution in [0.1, 0.15) is 18.5 Å². The molecule has 0 spiro atoms. The molecular formula is C8H8BrNO2S. The zero-order valence-electron chi connectivity index (χ0n) is 6.91. The van der Waals surface area contributed by atoms with Crippen LogP contribution in [0.15, 0.2) is 27.6 Å². The second-order valence-electron chi connectivity index (χ2n) is 3.03. The molecule has 1 N–H and O–H groups in total. The van der Waals surface area contributed by atoms with Gasteiger partial charge in [0.2, 0.25) is 10.0 Å². The number of benzene rings is 1.